The van der Waals surface area contributed by atoms with Gasteiger partial charge in [-0.25, -0.2) is 0 Å². The van der Waals surface area contributed by atoms with Crippen LogP contribution in [0.5, 0.6) is 0 Å². The summed E-state index contributed by atoms with van der Waals surface area (Å²) in [4.78, 5) is 16.7. The number of halogens is 3. The molecular weight excluding hydrogens is 355 g/mol. The molecule has 1 N–H and O–H groups in total. The summed E-state index contributed by atoms with van der Waals surface area (Å²) in [5.74, 6) is -0.346. The molecule has 1 saturated heterocycles. The van der Waals surface area contributed by atoms with Crippen LogP contribution in [0.25, 0.3) is 0 Å². The third kappa shape index (κ3) is 5.23. The van der Waals surface area contributed by atoms with Gasteiger partial charge in [0.2, 0.25) is 5.91 Å². The minimum atomic E-state index is -4.41. The van der Waals surface area contributed by atoms with Crippen LogP contribution in [0.1, 0.15) is 11.1 Å². The predicted octanol–water partition coefficient (Wildman–Crippen LogP) is 3.64. The molecule has 1 fully saturated rings. The minimum Gasteiger partial charge on any atom is -0.369 e. The lowest BCUT2D eigenvalue weighted by molar-refractivity contribution is -0.137. The Morgan fingerprint density at radius 2 is 1.70 bits per heavy atom. The molecule has 2 aromatic carbocycles. The monoisotopic (exact) mass is 377 g/mol. The van der Waals surface area contributed by atoms with Crippen molar-refractivity contribution in [2.45, 2.75) is 12.6 Å². The molecular formula is C20H22F3N3O. The topological polar surface area (TPSA) is 35.6 Å². The fraction of sp³-hybridized carbons (Fsp3) is 0.350. The Labute approximate surface area is 156 Å². The standard InChI is InChI=1S/C20H22F3N3O/c1-25-9-11-26(12-10-25)18-7-5-17(6-8-18)24-19(27)14-15-3-2-4-16(13-15)20(21,22)23/h2-8,13H,9-12,14H2,1H3,(H,24,27). The number of rotatable bonds is 4. The summed E-state index contributed by atoms with van der Waals surface area (Å²) < 4.78 is 38.3. The van der Waals surface area contributed by atoms with Crippen LogP contribution >= 0.6 is 0 Å². The van der Waals surface area contributed by atoms with Crippen LogP contribution in [0, 0.1) is 0 Å². The summed E-state index contributed by atoms with van der Waals surface area (Å²) in [5, 5.41) is 2.74. The van der Waals surface area contributed by atoms with Crippen molar-refractivity contribution in [1.82, 2.24) is 4.90 Å². The SMILES string of the molecule is CN1CCN(c2ccc(NC(=O)Cc3cccc(C(F)(F)F)c3)cc2)CC1. The van der Waals surface area contributed by atoms with Crippen LogP contribution in [-0.4, -0.2) is 44.0 Å². The van der Waals surface area contributed by atoms with Gasteiger partial charge in [0.1, 0.15) is 0 Å². The van der Waals surface area contributed by atoms with Crippen LogP contribution < -0.4 is 10.2 Å². The Morgan fingerprint density at radius 3 is 2.33 bits per heavy atom. The minimum absolute atomic E-state index is 0.107. The largest absolute Gasteiger partial charge is 0.416 e. The van der Waals surface area contributed by atoms with Crippen molar-refractivity contribution in [3.05, 3.63) is 59.7 Å². The summed E-state index contributed by atoms with van der Waals surface area (Å²) in [7, 11) is 2.10. The number of carbonyl (C=O) groups is 1. The maximum atomic E-state index is 12.8. The number of nitrogens with zero attached hydrogens (tertiary/aromatic N) is 2. The number of hydrogen-bond donors (Lipinski definition) is 1. The van der Waals surface area contributed by atoms with E-state index in [2.05, 4.69) is 22.2 Å². The Hall–Kier alpha value is -2.54. The van der Waals surface area contributed by atoms with Crippen LogP contribution in [0.2, 0.25) is 0 Å². The molecule has 0 atom stereocenters. The van der Waals surface area contributed by atoms with Gasteiger partial charge in [0.05, 0.1) is 12.0 Å². The number of anilines is 2. The first-order chi connectivity index (χ1) is 12.8. The second kappa shape index (κ2) is 8.00. The van der Waals surface area contributed by atoms with Gasteiger partial charge < -0.3 is 15.1 Å². The van der Waals surface area contributed by atoms with Crippen molar-refractivity contribution in [1.29, 1.82) is 0 Å². The summed E-state index contributed by atoms with van der Waals surface area (Å²) in [6.07, 6.45) is -4.52. The van der Waals surface area contributed by atoms with Crippen molar-refractivity contribution in [3.8, 4) is 0 Å². The fourth-order valence-corrected chi connectivity index (χ4v) is 3.07. The highest BCUT2D eigenvalue weighted by molar-refractivity contribution is 5.92. The van der Waals surface area contributed by atoms with Gasteiger partial charge in [-0.15, -0.1) is 0 Å². The van der Waals surface area contributed by atoms with Crippen molar-refractivity contribution in [2.24, 2.45) is 0 Å². The van der Waals surface area contributed by atoms with Crippen LogP contribution in [-0.2, 0) is 17.4 Å². The normalized spacial score (nSPS) is 15.6. The van der Waals surface area contributed by atoms with E-state index in [4.69, 9.17) is 0 Å². The van der Waals surface area contributed by atoms with E-state index in [-0.39, 0.29) is 12.3 Å². The molecule has 0 aliphatic carbocycles. The molecule has 144 valence electrons. The molecule has 0 saturated carbocycles. The number of benzene rings is 2. The number of amides is 1. The number of likely N-dealkylation sites (N-methyl/N-ethyl adjacent to an activating group) is 1. The lowest BCUT2D eigenvalue weighted by Crippen LogP contribution is -2.44. The maximum absolute atomic E-state index is 12.8. The highest BCUT2D eigenvalue weighted by Gasteiger charge is 2.30. The molecule has 0 spiro atoms. The Morgan fingerprint density at radius 1 is 1.04 bits per heavy atom. The second-order valence-electron chi connectivity index (χ2n) is 6.76. The van der Waals surface area contributed by atoms with Crippen LogP contribution in [0.15, 0.2) is 48.5 Å². The van der Waals surface area contributed by atoms with Crippen LogP contribution in [0.3, 0.4) is 0 Å². The molecule has 1 heterocycles. The van der Waals surface area contributed by atoms with Gasteiger partial charge >= 0.3 is 6.18 Å². The number of nitrogens with one attached hydrogen (secondary N) is 1. The van der Waals surface area contributed by atoms with Gasteiger partial charge in [-0.3, -0.25) is 4.79 Å². The zero-order chi connectivity index (χ0) is 19.4. The lowest BCUT2D eigenvalue weighted by Gasteiger charge is -2.34. The van der Waals surface area contributed by atoms with E-state index in [1.165, 1.54) is 12.1 Å². The van der Waals surface area contributed by atoms with E-state index in [1.54, 1.807) is 0 Å². The van der Waals surface area contributed by atoms with E-state index in [1.807, 2.05) is 24.3 Å². The summed E-state index contributed by atoms with van der Waals surface area (Å²) in [6, 6.07) is 12.4. The Balaban J connectivity index is 1.58. The molecule has 4 nitrogen and oxygen atoms in total. The molecule has 0 unspecified atom stereocenters. The van der Waals surface area contributed by atoms with E-state index >= 15 is 0 Å². The smallest absolute Gasteiger partial charge is 0.369 e. The molecule has 2 aromatic rings. The molecule has 1 aliphatic rings. The first-order valence-electron chi connectivity index (χ1n) is 8.81. The van der Waals surface area contributed by atoms with Crippen molar-refractivity contribution >= 4 is 17.3 Å². The van der Waals surface area contributed by atoms with Crippen molar-refractivity contribution in [3.63, 3.8) is 0 Å². The number of alkyl halides is 3. The van der Waals surface area contributed by atoms with E-state index < -0.39 is 11.7 Å². The molecule has 1 aliphatic heterocycles. The number of carbonyl (C=O) groups excluding carboxylic acids is 1. The fourth-order valence-electron chi connectivity index (χ4n) is 3.07. The second-order valence-corrected chi connectivity index (χ2v) is 6.76. The first-order valence-corrected chi connectivity index (χ1v) is 8.81. The molecule has 0 aromatic heterocycles. The third-order valence-electron chi connectivity index (χ3n) is 4.64. The van der Waals surface area contributed by atoms with Crippen molar-refractivity contribution in [2.75, 3.05) is 43.4 Å². The molecule has 7 heteroatoms. The van der Waals surface area contributed by atoms with Gasteiger partial charge in [-0.05, 0) is 42.9 Å². The van der Waals surface area contributed by atoms with E-state index in [0.29, 0.717) is 11.3 Å². The Bertz CT molecular complexity index is 782. The summed E-state index contributed by atoms with van der Waals surface area (Å²) in [5.41, 5.74) is 1.31. The third-order valence-corrected chi connectivity index (χ3v) is 4.64. The molecule has 1 amide bonds. The molecule has 0 bridgehead atoms. The first kappa shape index (κ1) is 19.2. The molecule has 27 heavy (non-hydrogen) atoms. The van der Waals surface area contributed by atoms with Gasteiger partial charge in [0.15, 0.2) is 0 Å². The average molecular weight is 377 g/mol. The average Bonchev–Trinajstić information content (AvgIpc) is 2.62. The highest BCUT2D eigenvalue weighted by Crippen LogP contribution is 2.29. The quantitative estimate of drug-likeness (QED) is 0.884. The van der Waals surface area contributed by atoms with E-state index in [0.717, 1.165) is 44.0 Å². The zero-order valence-electron chi connectivity index (χ0n) is 15.1. The number of hydrogen-bond acceptors (Lipinski definition) is 3. The van der Waals surface area contributed by atoms with E-state index in [9.17, 15) is 18.0 Å². The predicted molar refractivity (Wildman–Crippen MR) is 99.9 cm³/mol. The number of piperazine rings is 1. The van der Waals surface area contributed by atoms with Crippen molar-refractivity contribution < 1.29 is 18.0 Å². The van der Waals surface area contributed by atoms with Gasteiger partial charge in [-0.1, -0.05) is 18.2 Å². The lowest BCUT2D eigenvalue weighted by atomic mass is 10.1. The zero-order valence-corrected chi connectivity index (χ0v) is 15.1. The molecule has 0 radical (unpaired) electrons. The Kier molecular flexibility index (Phi) is 5.70. The highest BCUT2D eigenvalue weighted by atomic mass is 19.4. The van der Waals surface area contributed by atoms with Gasteiger partial charge in [0.25, 0.3) is 0 Å². The summed E-state index contributed by atoms with van der Waals surface area (Å²) in [6.45, 7) is 3.93. The van der Waals surface area contributed by atoms with Gasteiger partial charge in [0, 0.05) is 37.6 Å². The summed E-state index contributed by atoms with van der Waals surface area (Å²) >= 11 is 0. The maximum Gasteiger partial charge on any atom is 0.416 e. The molecule has 3 rings (SSSR count). The van der Waals surface area contributed by atoms with Crippen LogP contribution in [0.4, 0.5) is 24.5 Å². The van der Waals surface area contributed by atoms with Gasteiger partial charge in [-0.2, -0.15) is 13.2 Å².